The quantitative estimate of drug-likeness (QED) is 0.840. The van der Waals surface area contributed by atoms with Crippen LogP contribution < -0.4 is 5.32 Å². The van der Waals surface area contributed by atoms with Gasteiger partial charge < -0.3 is 9.84 Å². The maximum atomic E-state index is 5.22. The fourth-order valence-corrected chi connectivity index (χ4v) is 2.18. The van der Waals surface area contributed by atoms with Gasteiger partial charge in [0.15, 0.2) is 0 Å². The molecule has 0 saturated heterocycles. The van der Waals surface area contributed by atoms with Gasteiger partial charge >= 0.3 is 0 Å². The lowest BCUT2D eigenvalue weighted by Gasteiger charge is -2.01. The molecule has 0 saturated carbocycles. The second-order valence-corrected chi connectivity index (χ2v) is 5.26. The largest absolute Gasteiger partial charge is 0.337 e. The molecule has 0 bridgehead atoms. The Balaban J connectivity index is 2.18. The fraction of sp³-hybridized carbons (Fsp3) is 0.385. The minimum Gasteiger partial charge on any atom is -0.337 e. The Hall–Kier alpha value is -1.33. The van der Waals surface area contributed by atoms with Gasteiger partial charge in [-0.2, -0.15) is 4.98 Å². The molecule has 0 aliphatic rings. The first-order valence-electron chi connectivity index (χ1n) is 5.98. The van der Waals surface area contributed by atoms with E-state index >= 15 is 0 Å². The lowest BCUT2D eigenvalue weighted by Crippen LogP contribution is -2.12. The van der Waals surface area contributed by atoms with Crippen LogP contribution in [-0.2, 0) is 0 Å². The van der Waals surface area contributed by atoms with Crippen molar-refractivity contribution in [3.8, 4) is 11.4 Å². The Morgan fingerprint density at radius 3 is 2.67 bits per heavy atom. The van der Waals surface area contributed by atoms with E-state index in [0.717, 1.165) is 11.3 Å². The van der Waals surface area contributed by atoms with Gasteiger partial charge in [-0.3, -0.25) is 0 Å². The first-order valence-corrected chi connectivity index (χ1v) is 6.97. The van der Waals surface area contributed by atoms with Crippen molar-refractivity contribution in [2.24, 2.45) is 0 Å². The van der Waals surface area contributed by atoms with E-state index in [2.05, 4.69) is 34.5 Å². The van der Waals surface area contributed by atoms with Crippen LogP contribution in [0.2, 0.25) is 0 Å². The molecule has 4 nitrogen and oxygen atoms in total. The molecule has 1 aromatic heterocycles. The predicted molar refractivity (Wildman–Crippen MR) is 73.6 cm³/mol. The van der Waals surface area contributed by atoms with Crippen molar-refractivity contribution >= 4 is 11.8 Å². The van der Waals surface area contributed by atoms with E-state index in [1.807, 2.05) is 37.9 Å². The number of benzene rings is 1. The van der Waals surface area contributed by atoms with Crippen molar-refractivity contribution in [1.82, 2.24) is 15.5 Å². The Morgan fingerprint density at radius 1 is 1.33 bits per heavy atom. The zero-order valence-corrected chi connectivity index (χ0v) is 11.6. The number of nitrogens with zero attached hydrogens (tertiary/aromatic N) is 2. The molecule has 1 unspecified atom stereocenters. The predicted octanol–water partition coefficient (Wildman–Crippen LogP) is 3.13. The Labute approximate surface area is 111 Å². The summed E-state index contributed by atoms with van der Waals surface area (Å²) in [6.07, 6.45) is 0. The lowest BCUT2D eigenvalue weighted by atomic mass is 10.2. The van der Waals surface area contributed by atoms with Crippen LogP contribution in [0.1, 0.15) is 25.8 Å². The van der Waals surface area contributed by atoms with E-state index in [9.17, 15) is 0 Å². The van der Waals surface area contributed by atoms with Gasteiger partial charge in [0.05, 0.1) is 6.04 Å². The van der Waals surface area contributed by atoms with Crippen LogP contribution in [0.5, 0.6) is 0 Å². The Morgan fingerprint density at radius 2 is 2.06 bits per heavy atom. The standard InChI is InChI=1S/C13H17N3OS/c1-4-18-11-7-5-10(6-8-11)12-15-13(17-16-12)9(2)14-3/h5-9,14H,4H2,1-3H3. The summed E-state index contributed by atoms with van der Waals surface area (Å²) in [4.78, 5) is 5.64. The minimum absolute atomic E-state index is 0.0705. The second-order valence-electron chi connectivity index (χ2n) is 3.92. The number of thioether (sulfide) groups is 1. The van der Waals surface area contributed by atoms with Crippen LogP contribution in [0.15, 0.2) is 33.7 Å². The van der Waals surface area contributed by atoms with Crippen molar-refractivity contribution < 1.29 is 4.52 Å². The zero-order valence-electron chi connectivity index (χ0n) is 10.8. The molecule has 1 heterocycles. The lowest BCUT2D eigenvalue weighted by molar-refractivity contribution is 0.347. The monoisotopic (exact) mass is 263 g/mol. The number of hydrogen-bond acceptors (Lipinski definition) is 5. The van der Waals surface area contributed by atoms with E-state index in [4.69, 9.17) is 4.52 Å². The Kier molecular flexibility index (Phi) is 4.38. The maximum absolute atomic E-state index is 5.22. The molecule has 1 aromatic carbocycles. The van der Waals surface area contributed by atoms with Crippen molar-refractivity contribution in [3.05, 3.63) is 30.2 Å². The molecule has 1 atom stereocenters. The average molecular weight is 263 g/mol. The van der Waals surface area contributed by atoms with E-state index in [0.29, 0.717) is 11.7 Å². The topological polar surface area (TPSA) is 51.0 Å². The summed E-state index contributed by atoms with van der Waals surface area (Å²) in [5.41, 5.74) is 0.980. The molecule has 2 rings (SSSR count). The summed E-state index contributed by atoms with van der Waals surface area (Å²) >= 11 is 1.82. The van der Waals surface area contributed by atoms with Gasteiger partial charge in [0, 0.05) is 10.5 Å². The second kappa shape index (κ2) is 6.02. The summed E-state index contributed by atoms with van der Waals surface area (Å²) < 4.78 is 5.22. The van der Waals surface area contributed by atoms with Crippen molar-refractivity contribution in [3.63, 3.8) is 0 Å². The third kappa shape index (κ3) is 2.91. The molecular weight excluding hydrogens is 246 g/mol. The van der Waals surface area contributed by atoms with E-state index < -0.39 is 0 Å². The molecule has 0 amide bonds. The third-order valence-electron chi connectivity index (χ3n) is 2.67. The van der Waals surface area contributed by atoms with Gasteiger partial charge in [-0.25, -0.2) is 0 Å². The molecule has 0 aliphatic carbocycles. The molecule has 0 aliphatic heterocycles. The fourth-order valence-electron chi connectivity index (χ4n) is 1.52. The van der Waals surface area contributed by atoms with E-state index in [1.165, 1.54) is 4.90 Å². The first-order chi connectivity index (χ1) is 8.74. The van der Waals surface area contributed by atoms with Gasteiger partial charge in [0.2, 0.25) is 11.7 Å². The molecular formula is C13H17N3OS. The molecule has 2 aromatic rings. The third-order valence-corrected chi connectivity index (χ3v) is 3.56. The van der Waals surface area contributed by atoms with Crippen molar-refractivity contribution in [2.75, 3.05) is 12.8 Å². The summed E-state index contributed by atoms with van der Waals surface area (Å²) in [5, 5.41) is 7.07. The Bertz CT molecular complexity index is 495. The zero-order chi connectivity index (χ0) is 13.0. The summed E-state index contributed by atoms with van der Waals surface area (Å²) in [6, 6.07) is 8.29. The molecule has 5 heteroatoms. The van der Waals surface area contributed by atoms with Crippen molar-refractivity contribution in [2.45, 2.75) is 24.8 Å². The van der Waals surface area contributed by atoms with Crippen LogP contribution in [0, 0.1) is 0 Å². The molecule has 18 heavy (non-hydrogen) atoms. The number of hydrogen-bond donors (Lipinski definition) is 1. The van der Waals surface area contributed by atoms with Crippen LogP contribution in [0.4, 0.5) is 0 Å². The summed E-state index contributed by atoms with van der Waals surface area (Å²) in [7, 11) is 1.87. The van der Waals surface area contributed by atoms with Gasteiger partial charge in [-0.1, -0.05) is 12.1 Å². The maximum Gasteiger partial charge on any atom is 0.243 e. The molecule has 0 spiro atoms. The molecule has 0 fully saturated rings. The van der Waals surface area contributed by atoms with Crippen LogP contribution in [0.25, 0.3) is 11.4 Å². The number of nitrogens with one attached hydrogen (secondary N) is 1. The number of aromatic nitrogens is 2. The highest BCUT2D eigenvalue weighted by atomic mass is 32.2. The highest BCUT2D eigenvalue weighted by Crippen LogP contribution is 2.23. The average Bonchev–Trinajstić information content (AvgIpc) is 2.89. The van der Waals surface area contributed by atoms with E-state index in [-0.39, 0.29) is 6.04 Å². The summed E-state index contributed by atoms with van der Waals surface area (Å²) in [5.74, 6) is 2.32. The molecule has 1 N–H and O–H groups in total. The SMILES string of the molecule is CCSc1ccc(-c2noc(C(C)NC)n2)cc1. The van der Waals surface area contributed by atoms with Crippen LogP contribution >= 0.6 is 11.8 Å². The van der Waals surface area contributed by atoms with Crippen LogP contribution in [0.3, 0.4) is 0 Å². The van der Waals surface area contributed by atoms with Gasteiger partial charge in [-0.15, -0.1) is 11.8 Å². The molecule has 0 radical (unpaired) electrons. The normalized spacial score (nSPS) is 12.6. The first kappa shape index (κ1) is 13.1. The highest BCUT2D eigenvalue weighted by Gasteiger charge is 2.13. The highest BCUT2D eigenvalue weighted by molar-refractivity contribution is 7.99. The minimum atomic E-state index is 0.0705. The summed E-state index contributed by atoms with van der Waals surface area (Å²) in [6.45, 7) is 4.13. The van der Waals surface area contributed by atoms with Gasteiger partial charge in [0.1, 0.15) is 0 Å². The smallest absolute Gasteiger partial charge is 0.243 e. The van der Waals surface area contributed by atoms with Crippen molar-refractivity contribution in [1.29, 1.82) is 0 Å². The van der Waals surface area contributed by atoms with Crippen LogP contribution in [-0.4, -0.2) is 22.9 Å². The molecule has 96 valence electrons. The van der Waals surface area contributed by atoms with Gasteiger partial charge in [0.25, 0.3) is 0 Å². The number of rotatable bonds is 5. The van der Waals surface area contributed by atoms with Gasteiger partial charge in [-0.05, 0) is 44.0 Å². The van der Waals surface area contributed by atoms with E-state index in [1.54, 1.807) is 0 Å².